The summed E-state index contributed by atoms with van der Waals surface area (Å²) in [6, 6.07) is 5.29. The molecule has 0 aliphatic heterocycles. The summed E-state index contributed by atoms with van der Waals surface area (Å²) >= 11 is 0. The van der Waals surface area contributed by atoms with Crippen LogP contribution in [0.4, 0.5) is 0 Å². The van der Waals surface area contributed by atoms with E-state index in [2.05, 4.69) is 9.71 Å². The van der Waals surface area contributed by atoms with Gasteiger partial charge in [0.2, 0.25) is 10.0 Å². The summed E-state index contributed by atoms with van der Waals surface area (Å²) in [5, 5.41) is 8.71. The molecule has 0 aliphatic carbocycles. The Kier molecular flexibility index (Phi) is 5.02. The molecule has 106 valence electrons. The highest BCUT2D eigenvalue weighted by Gasteiger charge is 2.27. The zero-order valence-electron chi connectivity index (χ0n) is 11.0. The fourth-order valence-corrected chi connectivity index (χ4v) is 3.17. The van der Waals surface area contributed by atoms with E-state index < -0.39 is 21.5 Å². The van der Waals surface area contributed by atoms with Crippen LogP contribution in [-0.4, -0.2) is 35.8 Å². The summed E-state index contributed by atoms with van der Waals surface area (Å²) in [6.07, 6.45) is 1.62. The van der Waals surface area contributed by atoms with Gasteiger partial charge >= 0.3 is 5.97 Å². The third-order valence-electron chi connectivity index (χ3n) is 2.38. The summed E-state index contributed by atoms with van der Waals surface area (Å²) in [5.41, 5.74) is -0.321. The highest BCUT2D eigenvalue weighted by Crippen LogP contribution is 2.10. The predicted octanol–water partition coefficient (Wildman–Crippen LogP) is 0.797. The summed E-state index contributed by atoms with van der Waals surface area (Å²) < 4.78 is 26.1. The van der Waals surface area contributed by atoms with Gasteiger partial charge in [0, 0.05) is 23.9 Å². The zero-order chi connectivity index (χ0) is 14.5. The number of rotatable bonds is 7. The van der Waals surface area contributed by atoms with E-state index in [1.807, 2.05) is 0 Å². The number of carboxylic acid groups (broad SMARTS) is 1. The van der Waals surface area contributed by atoms with Gasteiger partial charge in [-0.2, -0.15) is 0 Å². The van der Waals surface area contributed by atoms with Gasteiger partial charge in [-0.1, -0.05) is 6.07 Å². The van der Waals surface area contributed by atoms with Crippen LogP contribution < -0.4 is 4.72 Å². The number of aromatic nitrogens is 1. The maximum atomic E-state index is 11.9. The number of pyridine rings is 1. The van der Waals surface area contributed by atoms with Crippen LogP contribution in [0.25, 0.3) is 0 Å². The van der Waals surface area contributed by atoms with Crippen molar-refractivity contribution < 1.29 is 18.3 Å². The molecule has 0 atom stereocenters. The lowest BCUT2D eigenvalue weighted by atomic mass is 10.0. The van der Waals surface area contributed by atoms with Crippen molar-refractivity contribution in [3.05, 3.63) is 30.1 Å². The second-order valence-electron chi connectivity index (χ2n) is 4.95. The maximum absolute atomic E-state index is 11.9. The molecule has 0 aliphatic rings. The largest absolute Gasteiger partial charge is 0.481 e. The number of carboxylic acids is 1. The molecule has 0 aromatic carbocycles. The Labute approximate surface area is 112 Å². The van der Waals surface area contributed by atoms with Crippen molar-refractivity contribution in [1.29, 1.82) is 0 Å². The minimum absolute atomic E-state index is 0.118. The number of aryl methyl sites for hydroxylation is 1. The van der Waals surface area contributed by atoms with Crippen LogP contribution in [-0.2, 0) is 21.2 Å². The number of hydrogen-bond donors (Lipinski definition) is 2. The fourth-order valence-electron chi connectivity index (χ4n) is 1.67. The van der Waals surface area contributed by atoms with E-state index in [0.29, 0.717) is 12.1 Å². The van der Waals surface area contributed by atoms with Crippen LogP contribution in [0.3, 0.4) is 0 Å². The minimum atomic E-state index is -3.54. The zero-order valence-corrected chi connectivity index (χ0v) is 11.8. The van der Waals surface area contributed by atoms with E-state index in [1.165, 1.54) is 0 Å². The normalized spacial score (nSPS) is 12.3. The van der Waals surface area contributed by atoms with Crippen molar-refractivity contribution in [3.63, 3.8) is 0 Å². The SMILES string of the molecule is CC(C)(CC(=O)O)NS(=O)(=O)CCc1ccccn1. The molecule has 1 aromatic rings. The molecule has 0 radical (unpaired) electrons. The topological polar surface area (TPSA) is 96.4 Å². The molecule has 0 saturated carbocycles. The van der Waals surface area contributed by atoms with E-state index in [1.54, 1.807) is 38.2 Å². The van der Waals surface area contributed by atoms with Gasteiger partial charge in [0.05, 0.1) is 12.2 Å². The summed E-state index contributed by atoms with van der Waals surface area (Å²) in [7, 11) is -3.54. The Morgan fingerprint density at radius 2 is 2.11 bits per heavy atom. The molecular formula is C12H18N2O4S. The second kappa shape index (κ2) is 6.12. The number of aliphatic carboxylic acids is 1. The van der Waals surface area contributed by atoms with Gasteiger partial charge in [-0.05, 0) is 26.0 Å². The minimum Gasteiger partial charge on any atom is -0.481 e. The number of carbonyl (C=O) groups is 1. The van der Waals surface area contributed by atoms with Gasteiger partial charge in [0.15, 0.2) is 0 Å². The molecule has 0 bridgehead atoms. The van der Waals surface area contributed by atoms with Crippen molar-refractivity contribution >= 4 is 16.0 Å². The first-order valence-electron chi connectivity index (χ1n) is 5.84. The molecule has 0 spiro atoms. The van der Waals surface area contributed by atoms with Gasteiger partial charge in [-0.3, -0.25) is 9.78 Å². The summed E-state index contributed by atoms with van der Waals surface area (Å²) in [4.78, 5) is 14.7. The average molecular weight is 286 g/mol. The Morgan fingerprint density at radius 3 is 2.63 bits per heavy atom. The fraction of sp³-hybridized carbons (Fsp3) is 0.500. The predicted molar refractivity (Wildman–Crippen MR) is 71.2 cm³/mol. The molecule has 7 heteroatoms. The first-order valence-corrected chi connectivity index (χ1v) is 7.49. The summed E-state index contributed by atoms with van der Waals surface area (Å²) in [5.74, 6) is -1.16. The number of nitrogens with zero attached hydrogens (tertiary/aromatic N) is 1. The smallest absolute Gasteiger partial charge is 0.305 e. The number of sulfonamides is 1. The van der Waals surface area contributed by atoms with Crippen molar-refractivity contribution in [2.45, 2.75) is 32.2 Å². The molecule has 0 unspecified atom stereocenters. The molecule has 1 aromatic heterocycles. The van der Waals surface area contributed by atoms with E-state index in [0.717, 1.165) is 0 Å². The quantitative estimate of drug-likeness (QED) is 0.772. The molecular weight excluding hydrogens is 268 g/mol. The molecule has 1 heterocycles. The Morgan fingerprint density at radius 1 is 1.42 bits per heavy atom. The highest BCUT2D eigenvalue weighted by atomic mass is 32.2. The van der Waals surface area contributed by atoms with E-state index >= 15 is 0 Å². The maximum Gasteiger partial charge on any atom is 0.305 e. The van der Waals surface area contributed by atoms with Gasteiger partial charge in [0.25, 0.3) is 0 Å². The standard InChI is InChI=1S/C12H18N2O4S/c1-12(2,9-11(15)16)14-19(17,18)8-6-10-5-3-4-7-13-10/h3-5,7,14H,6,8-9H2,1-2H3,(H,15,16). The van der Waals surface area contributed by atoms with Crippen molar-refractivity contribution in [3.8, 4) is 0 Å². The molecule has 19 heavy (non-hydrogen) atoms. The third kappa shape index (κ3) is 6.30. The van der Waals surface area contributed by atoms with Gasteiger partial charge in [0.1, 0.15) is 0 Å². The molecule has 0 fully saturated rings. The van der Waals surface area contributed by atoms with Crippen LogP contribution in [0, 0.1) is 0 Å². The van der Waals surface area contributed by atoms with Crippen LogP contribution >= 0.6 is 0 Å². The van der Waals surface area contributed by atoms with Gasteiger partial charge < -0.3 is 5.11 Å². The van der Waals surface area contributed by atoms with Crippen molar-refractivity contribution in [1.82, 2.24) is 9.71 Å². The van der Waals surface area contributed by atoms with E-state index in [-0.39, 0.29) is 12.2 Å². The third-order valence-corrected chi connectivity index (χ3v) is 3.98. The first kappa shape index (κ1) is 15.6. The van der Waals surface area contributed by atoms with Crippen LogP contribution in [0.2, 0.25) is 0 Å². The van der Waals surface area contributed by atoms with E-state index in [4.69, 9.17) is 5.11 Å². The Bertz CT molecular complexity index is 526. The molecule has 6 nitrogen and oxygen atoms in total. The number of nitrogens with one attached hydrogen (secondary N) is 1. The van der Waals surface area contributed by atoms with E-state index in [9.17, 15) is 13.2 Å². The Hall–Kier alpha value is -1.47. The highest BCUT2D eigenvalue weighted by molar-refractivity contribution is 7.89. The van der Waals surface area contributed by atoms with Crippen molar-refractivity contribution in [2.24, 2.45) is 0 Å². The molecule has 0 saturated heterocycles. The lowest BCUT2D eigenvalue weighted by Crippen LogP contribution is -2.46. The monoisotopic (exact) mass is 286 g/mol. The van der Waals surface area contributed by atoms with Gasteiger partial charge in [-0.25, -0.2) is 13.1 Å². The average Bonchev–Trinajstić information content (AvgIpc) is 2.24. The lowest BCUT2D eigenvalue weighted by molar-refractivity contribution is -0.138. The second-order valence-corrected chi connectivity index (χ2v) is 6.79. The van der Waals surface area contributed by atoms with Crippen LogP contribution in [0.15, 0.2) is 24.4 Å². The molecule has 0 amide bonds. The van der Waals surface area contributed by atoms with Gasteiger partial charge in [-0.15, -0.1) is 0 Å². The first-order chi connectivity index (χ1) is 8.70. The summed E-state index contributed by atoms with van der Waals surface area (Å²) in [6.45, 7) is 3.08. The van der Waals surface area contributed by atoms with Crippen molar-refractivity contribution in [2.75, 3.05) is 5.75 Å². The molecule has 2 N–H and O–H groups in total. The Balaban J connectivity index is 2.59. The molecule has 1 rings (SSSR count). The lowest BCUT2D eigenvalue weighted by Gasteiger charge is -2.23. The number of hydrogen-bond acceptors (Lipinski definition) is 4. The van der Waals surface area contributed by atoms with Crippen LogP contribution in [0.5, 0.6) is 0 Å². The van der Waals surface area contributed by atoms with Crippen LogP contribution in [0.1, 0.15) is 26.0 Å².